The van der Waals surface area contributed by atoms with Gasteiger partial charge >= 0.3 is 18.1 Å². The van der Waals surface area contributed by atoms with Crippen molar-refractivity contribution in [1.29, 1.82) is 0 Å². The molecule has 5 aromatic rings. The van der Waals surface area contributed by atoms with E-state index in [-0.39, 0.29) is 36.8 Å². The SMILES string of the molecule is CC(C)C[C@H](C(=O)O)[C@H](Cc1ccc(NC2CNCc3ccccc32)nc1)c1nn[nH]n1.CC(C)C[C@H](C(=O)O)[C@H](Cc1ccc(NCCC(N)C(F)(F)F)nc1)c1nn[nH]n1. The minimum Gasteiger partial charge on any atom is -0.481 e. The van der Waals surface area contributed by atoms with Gasteiger partial charge in [-0.3, -0.25) is 9.59 Å². The first-order chi connectivity index (χ1) is 29.6. The van der Waals surface area contributed by atoms with Crippen molar-refractivity contribution in [3.63, 3.8) is 0 Å². The molecule has 0 amide bonds. The van der Waals surface area contributed by atoms with E-state index in [2.05, 4.69) is 91.4 Å². The number of nitrogens with zero attached hydrogens (tertiary/aromatic N) is 8. The average Bonchev–Trinajstić information content (AvgIpc) is 3.98. The van der Waals surface area contributed by atoms with Gasteiger partial charge in [-0.2, -0.15) is 23.6 Å². The van der Waals surface area contributed by atoms with Crippen LogP contribution in [0.4, 0.5) is 24.8 Å². The first-order valence-corrected chi connectivity index (χ1v) is 20.5. The summed E-state index contributed by atoms with van der Waals surface area (Å²) in [4.78, 5) is 32.7. The van der Waals surface area contributed by atoms with E-state index in [1.165, 1.54) is 11.1 Å². The predicted octanol–water partition coefficient (Wildman–Crippen LogP) is 5.28. The number of alkyl halides is 3. The fourth-order valence-corrected chi connectivity index (χ4v) is 7.48. The first-order valence-electron chi connectivity index (χ1n) is 20.5. The van der Waals surface area contributed by atoms with E-state index in [9.17, 15) is 33.0 Å². The second-order valence-electron chi connectivity index (χ2n) is 16.3. The Morgan fingerprint density at radius 2 is 1.34 bits per heavy atom. The van der Waals surface area contributed by atoms with E-state index in [4.69, 9.17) is 5.73 Å². The van der Waals surface area contributed by atoms with E-state index >= 15 is 0 Å². The maximum Gasteiger partial charge on any atom is 0.403 e. The fraction of sp³-hybridized carbons (Fsp3) is 0.512. The highest BCUT2D eigenvalue weighted by molar-refractivity contribution is 5.71. The summed E-state index contributed by atoms with van der Waals surface area (Å²) in [5.74, 6) is -1.66. The highest BCUT2D eigenvalue weighted by Crippen LogP contribution is 2.33. The van der Waals surface area contributed by atoms with Gasteiger partial charge in [0.25, 0.3) is 0 Å². The molecule has 62 heavy (non-hydrogen) atoms. The summed E-state index contributed by atoms with van der Waals surface area (Å²) in [6.45, 7) is 9.64. The summed E-state index contributed by atoms with van der Waals surface area (Å²) in [5.41, 5.74) is 9.33. The van der Waals surface area contributed by atoms with E-state index in [0.29, 0.717) is 43.1 Å². The lowest BCUT2D eigenvalue weighted by molar-refractivity contribution is -0.148. The van der Waals surface area contributed by atoms with Crippen LogP contribution in [0.1, 0.15) is 98.7 Å². The second-order valence-corrected chi connectivity index (χ2v) is 16.3. The molecule has 18 nitrogen and oxygen atoms in total. The van der Waals surface area contributed by atoms with Crippen LogP contribution in [0.2, 0.25) is 0 Å². The molecule has 0 spiro atoms. The molecule has 0 radical (unpaired) electrons. The number of pyridine rings is 2. The van der Waals surface area contributed by atoms with Gasteiger partial charge in [0.15, 0.2) is 11.6 Å². The molecule has 0 bridgehead atoms. The Bertz CT molecular complexity index is 2100. The molecule has 1 aromatic carbocycles. The van der Waals surface area contributed by atoms with Crippen LogP contribution in [0.15, 0.2) is 60.9 Å². The van der Waals surface area contributed by atoms with E-state index in [0.717, 1.165) is 30.0 Å². The monoisotopic (exact) mass is 864 g/mol. The number of H-pyrrole nitrogens is 2. The van der Waals surface area contributed by atoms with Crippen molar-refractivity contribution in [3.05, 3.63) is 94.8 Å². The Hall–Kier alpha value is -6.09. The van der Waals surface area contributed by atoms with Gasteiger partial charge in [-0.15, -0.1) is 20.4 Å². The number of nitrogens with two attached hydrogens (primary N) is 1. The fourth-order valence-electron chi connectivity index (χ4n) is 7.48. The minimum atomic E-state index is -4.43. The number of aromatic nitrogens is 10. The number of fused-ring (bicyclic) bond motifs is 1. The number of carbonyl (C=O) groups is 2. The highest BCUT2D eigenvalue weighted by Gasteiger charge is 2.37. The van der Waals surface area contributed by atoms with Crippen LogP contribution in [0.3, 0.4) is 0 Å². The van der Waals surface area contributed by atoms with Crippen molar-refractivity contribution < 1.29 is 33.0 Å². The molecule has 5 heterocycles. The molecule has 0 saturated heterocycles. The summed E-state index contributed by atoms with van der Waals surface area (Å²) in [5, 5.41) is 57.4. The number of hydrogen-bond donors (Lipinski definition) is 8. The molecular formula is C41H55F3N14O4. The maximum absolute atomic E-state index is 12.4. The van der Waals surface area contributed by atoms with Crippen molar-refractivity contribution >= 4 is 23.6 Å². The second kappa shape index (κ2) is 22.1. The number of anilines is 2. The summed E-state index contributed by atoms with van der Waals surface area (Å²) < 4.78 is 37.3. The zero-order valence-electron chi connectivity index (χ0n) is 35.0. The van der Waals surface area contributed by atoms with Gasteiger partial charge in [0.05, 0.1) is 17.9 Å². The Labute approximate surface area is 356 Å². The summed E-state index contributed by atoms with van der Waals surface area (Å²) in [7, 11) is 0. The van der Waals surface area contributed by atoms with Crippen LogP contribution in [0.5, 0.6) is 0 Å². The highest BCUT2D eigenvalue weighted by atomic mass is 19.4. The smallest absolute Gasteiger partial charge is 0.403 e. The number of halogens is 3. The first kappa shape index (κ1) is 47.0. The quantitative estimate of drug-likeness (QED) is 0.0494. The molecule has 1 aliphatic rings. The van der Waals surface area contributed by atoms with Crippen molar-refractivity contribution in [1.82, 2.24) is 56.5 Å². The number of rotatable bonds is 20. The topological polar surface area (TPSA) is 271 Å². The van der Waals surface area contributed by atoms with Gasteiger partial charge in [0.1, 0.15) is 17.7 Å². The lowest BCUT2D eigenvalue weighted by Gasteiger charge is -2.27. The van der Waals surface area contributed by atoms with Crippen molar-refractivity contribution in [2.75, 3.05) is 23.7 Å². The number of carboxylic acids is 2. The molecule has 6 atom stereocenters. The van der Waals surface area contributed by atoms with Gasteiger partial charge in [-0.1, -0.05) is 74.5 Å². The summed E-state index contributed by atoms with van der Waals surface area (Å²) in [6.07, 6.45) is 0.428. The van der Waals surface area contributed by atoms with Gasteiger partial charge < -0.3 is 31.9 Å². The van der Waals surface area contributed by atoms with Gasteiger partial charge in [-0.25, -0.2) is 9.97 Å². The third kappa shape index (κ3) is 13.7. The van der Waals surface area contributed by atoms with Crippen LogP contribution in [-0.4, -0.2) is 98.7 Å². The largest absolute Gasteiger partial charge is 0.481 e. The molecule has 4 aromatic heterocycles. The Balaban J connectivity index is 0.000000235. The Morgan fingerprint density at radius 3 is 1.79 bits per heavy atom. The number of hydrogen-bond acceptors (Lipinski definition) is 14. The number of tetrazole rings is 2. The predicted molar refractivity (Wildman–Crippen MR) is 223 cm³/mol. The van der Waals surface area contributed by atoms with Crippen LogP contribution in [-0.2, 0) is 29.0 Å². The van der Waals surface area contributed by atoms with Crippen molar-refractivity contribution in [2.45, 2.75) is 96.4 Å². The molecule has 9 N–H and O–H groups in total. The molecular weight excluding hydrogens is 810 g/mol. The van der Waals surface area contributed by atoms with Crippen LogP contribution >= 0.6 is 0 Å². The zero-order chi connectivity index (χ0) is 44.8. The lowest BCUT2D eigenvalue weighted by atomic mass is 9.81. The lowest BCUT2D eigenvalue weighted by Crippen LogP contribution is -2.38. The molecule has 2 unspecified atom stereocenters. The Kier molecular flexibility index (Phi) is 16.8. The molecule has 6 rings (SSSR count). The van der Waals surface area contributed by atoms with Crippen LogP contribution in [0.25, 0.3) is 0 Å². The van der Waals surface area contributed by atoms with E-state index < -0.39 is 41.9 Å². The van der Waals surface area contributed by atoms with Crippen molar-refractivity contribution in [3.8, 4) is 0 Å². The summed E-state index contributed by atoms with van der Waals surface area (Å²) in [6, 6.07) is 13.9. The molecule has 0 saturated carbocycles. The number of nitrogens with one attached hydrogen (secondary N) is 5. The zero-order valence-corrected chi connectivity index (χ0v) is 35.0. The van der Waals surface area contributed by atoms with E-state index in [1.54, 1.807) is 24.5 Å². The van der Waals surface area contributed by atoms with Gasteiger partial charge in [-0.05, 0) is 78.3 Å². The number of aromatic amines is 2. The minimum absolute atomic E-state index is 0.0218. The van der Waals surface area contributed by atoms with Gasteiger partial charge in [0.2, 0.25) is 0 Å². The van der Waals surface area contributed by atoms with E-state index in [1.807, 2.05) is 39.8 Å². The van der Waals surface area contributed by atoms with Crippen LogP contribution < -0.4 is 21.7 Å². The molecule has 21 heteroatoms. The third-order valence-electron chi connectivity index (χ3n) is 10.6. The molecule has 0 aliphatic carbocycles. The van der Waals surface area contributed by atoms with Crippen molar-refractivity contribution in [2.24, 2.45) is 29.4 Å². The standard InChI is InChI=1S/C23H29N7O2.C18H26F3N7O2/c1-14(2)9-19(23(31)32)18(22-27-29-30-28-22)10-15-7-8-21(25-11-15)26-20-13-24-12-16-5-3-4-6-17(16)20;1-10(2)7-13(17(29)30)12(16-25-27-28-26-16)8-11-3-4-15(24-9-11)23-6-5-14(22)18(19,20)21/h3-8,11,14,18-20,24H,9-10,12-13H2,1-2H3,(H,25,26)(H,31,32)(H,27,28,29,30);3-4,9-10,12-14H,5-8,22H2,1-2H3,(H,23,24)(H,29,30)(H,25,26,27,28)/t18-,19-,20?;12-,13-,14?/m00/s1. The number of aliphatic carboxylic acids is 2. The number of carboxylic acid groups (broad SMARTS) is 2. The summed E-state index contributed by atoms with van der Waals surface area (Å²) >= 11 is 0. The van der Waals surface area contributed by atoms with Crippen LogP contribution in [0, 0.1) is 23.7 Å². The Morgan fingerprint density at radius 1 is 0.806 bits per heavy atom. The number of benzene rings is 1. The average molecular weight is 865 g/mol. The molecule has 0 fully saturated rings. The van der Waals surface area contributed by atoms with Gasteiger partial charge in [0, 0.05) is 43.9 Å². The maximum atomic E-state index is 12.4. The molecule has 334 valence electrons. The molecule has 1 aliphatic heterocycles. The normalized spacial score (nSPS) is 16.3. The third-order valence-corrected chi connectivity index (χ3v) is 10.6.